The van der Waals surface area contributed by atoms with Crippen LogP contribution in [-0.4, -0.2) is 23.7 Å². The Hall–Kier alpha value is -0.0800. The average Bonchev–Trinajstić information content (AvgIpc) is 2.44. The molecule has 0 saturated heterocycles. The average molecular weight is 226 g/mol. The maximum atomic E-state index is 3.72. The van der Waals surface area contributed by atoms with Crippen LogP contribution in [0.2, 0.25) is 0 Å². The van der Waals surface area contributed by atoms with Crippen LogP contribution in [0.25, 0.3) is 0 Å². The second kappa shape index (κ2) is 5.05. The third-order valence-electron chi connectivity index (χ3n) is 3.10. The fraction of sp³-hybridized carbons (Fsp3) is 1.00. The lowest BCUT2D eigenvalue weighted by Gasteiger charge is -2.26. The molecule has 1 fully saturated rings. The highest BCUT2D eigenvalue weighted by Gasteiger charge is 2.27. The molecule has 2 N–H and O–H groups in total. The minimum Gasteiger partial charge on any atom is -0.312 e. The first kappa shape index (κ1) is 14.0. The number of rotatable bonds is 3. The van der Waals surface area contributed by atoms with Gasteiger partial charge in [-0.25, -0.2) is 0 Å². The van der Waals surface area contributed by atoms with Gasteiger partial charge in [0.2, 0.25) is 0 Å². The third kappa shape index (κ3) is 5.86. The minimum absolute atomic E-state index is 0.259. The van der Waals surface area contributed by atoms with Gasteiger partial charge < -0.3 is 10.6 Å². The monoisotopic (exact) mass is 226 g/mol. The van der Waals surface area contributed by atoms with Gasteiger partial charge in [-0.1, -0.05) is 0 Å². The van der Waals surface area contributed by atoms with Crippen LogP contribution in [-0.2, 0) is 0 Å². The summed E-state index contributed by atoms with van der Waals surface area (Å²) in [5.74, 6) is 0.860. The lowest BCUT2D eigenvalue weighted by molar-refractivity contribution is 0.339. The van der Waals surface area contributed by atoms with Gasteiger partial charge in [0.25, 0.3) is 0 Å². The third-order valence-corrected chi connectivity index (χ3v) is 3.10. The standard InChI is InChI=1S/C14H30N2/c1-13(2,3)15-10-11-7-8-12(9-11)16-14(4,5)6/h11-12,15-16H,7-10H2,1-6H3/t11-,12+/m0/s1. The topological polar surface area (TPSA) is 24.1 Å². The van der Waals surface area contributed by atoms with E-state index in [-0.39, 0.29) is 11.1 Å². The molecular weight excluding hydrogens is 196 g/mol. The molecule has 0 spiro atoms. The summed E-state index contributed by atoms with van der Waals surface area (Å²) in [6, 6.07) is 0.728. The molecule has 2 nitrogen and oxygen atoms in total. The predicted octanol–water partition coefficient (Wildman–Crippen LogP) is 2.93. The molecule has 0 aromatic heterocycles. The summed E-state index contributed by atoms with van der Waals surface area (Å²) in [5, 5.41) is 7.34. The number of nitrogens with one attached hydrogen (secondary N) is 2. The van der Waals surface area contributed by atoms with E-state index in [0.29, 0.717) is 0 Å². The molecule has 1 rings (SSSR count). The quantitative estimate of drug-likeness (QED) is 0.773. The molecule has 0 aromatic rings. The fourth-order valence-electron chi connectivity index (χ4n) is 2.45. The van der Waals surface area contributed by atoms with E-state index in [9.17, 15) is 0 Å². The van der Waals surface area contributed by atoms with Crippen molar-refractivity contribution < 1.29 is 0 Å². The van der Waals surface area contributed by atoms with Gasteiger partial charge >= 0.3 is 0 Å². The van der Waals surface area contributed by atoms with E-state index in [4.69, 9.17) is 0 Å². The van der Waals surface area contributed by atoms with E-state index in [1.165, 1.54) is 25.8 Å². The zero-order valence-corrected chi connectivity index (χ0v) is 12.0. The Bertz CT molecular complexity index is 210. The smallest absolute Gasteiger partial charge is 0.00991 e. The van der Waals surface area contributed by atoms with E-state index >= 15 is 0 Å². The first-order chi connectivity index (χ1) is 7.16. The number of hydrogen-bond donors (Lipinski definition) is 2. The van der Waals surface area contributed by atoms with Crippen LogP contribution >= 0.6 is 0 Å². The molecule has 96 valence electrons. The molecule has 0 bridgehead atoms. The Morgan fingerprint density at radius 2 is 1.56 bits per heavy atom. The zero-order chi connectivity index (χ0) is 12.4. The molecule has 0 aromatic carbocycles. The Balaban J connectivity index is 2.25. The van der Waals surface area contributed by atoms with Gasteiger partial charge in [-0.15, -0.1) is 0 Å². The lowest BCUT2D eigenvalue weighted by Crippen LogP contribution is -2.43. The van der Waals surface area contributed by atoms with E-state index in [1.54, 1.807) is 0 Å². The summed E-state index contributed by atoms with van der Waals surface area (Å²) >= 11 is 0. The first-order valence-corrected chi connectivity index (χ1v) is 6.68. The largest absolute Gasteiger partial charge is 0.312 e. The fourth-order valence-corrected chi connectivity index (χ4v) is 2.45. The summed E-state index contributed by atoms with van der Waals surface area (Å²) in [7, 11) is 0. The van der Waals surface area contributed by atoms with Crippen LogP contribution in [0.5, 0.6) is 0 Å². The van der Waals surface area contributed by atoms with Gasteiger partial charge in [0.05, 0.1) is 0 Å². The molecule has 0 aliphatic heterocycles. The second-order valence-electron chi connectivity index (χ2n) is 7.40. The summed E-state index contributed by atoms with van der Waals surface area (Å²) in [4.78, 5) is 0. The van der Waals surface area contributed by atoms with Crippen molar-refractivity contribution in [2.45, 2.75) is 77.9 Å². The van der Waals surface area contributed by atoms with Crippen molar-refractivity contribution in [3.63, 3.8) is 0 Å². The molecule has 0 radical (unpaired) electrons. The van der Waals surface area contributed by atoms with Crippen molar-refractivity contribution in [1.82, 2.24) is 10.6 Å². The van der Waals surface area contributed by atoms with Gasteiger partial charge in [-0.2, -0.15) is 0 Å². The van der Waals surface area contributed by atoms with Crippen LogP contribution in [0.3, 0.4) is 0 Å². The maximum Gasteiger partial charge on any atom is 0.00991 e. The molecule has 1 aliphatic rings. The van der Waals surface area contributed by atoms with Crippen LogP contribution in [0, 0.1) is 5.92 Å². The van der Waals surface area contributed by atoms with Crippen molar-refractivity contribution in [2.24, 2.45) is 5.92 Å². The highest BCUT2D eigenvalue weighted by Crippen LogP contribution is 2.26. The van der Waals surface area contributed by atoms with Crippen LogP contribution in [0.4, 0.5) is 0 Å². The lowest BCUT2D eigenvalue weighted by atomic mass is 10.0. The van der Waals surface area contributed by atoms with Gasteiger partial charge in [-0.05, 0) is 73.3 Å². The Morgan fingerprint density at radius 3 is 2.06 bits per heavy atom. The van der Waals surface area contributed by atoms with Gasteiger partial charge in [0.15, 0.2) is 0 Å². The van der Waals surface area contributed by atoms with Crippen LogP contribution in [0.15, 0.2) is 0 Å². The van der Waals surface area contributed by atoms with Gasteiger partial charge in [0.1, 0.15) is 0 Å². The molecule has 0 heterocycles. The summed E-state index contributed by atoms with van der Waals surface area (Å²) in [6.07, 6.45) is 4.05. The van der Waals surface area contributed by atoms with Crippen molar-refractivity contribution in [3.05, 3.63) is 0 Å². The van der Waals surface area contributed by atoms with E-state index in [0.717, 1.165) is 12.0 Å². The first-order valence-electron chi connectivity index (χ1n) is 6.68. The highest BCUT2D eigenvalue weighted by molar-refractivity contribution is 4.87. The predicted molar refractivity (Wildman–Crippen MR) is 71.8 cm³/mol. The van der Waals surface area contributed by atoms with Crippen LogP contribution < -0.4 is 10.6 Å². The molecule has 1 saturated carbocycles. The van der Waals surface area contributed by atoms with Crippen molar-refractivity contribution >= 4 is 0 Å². The normalized spacial score (nSPS) is 27.4. The summed E-state index contributed by atoms with van der Waals surface area (Å²) in [5.41, 5.74) is 0.520. The van der Waals surface area contributed by atoms with E-state index in [2.05, 4.69) is 52.2 Å². The molecular formula is C14H30N2. The highest BCUT2D eigenvalue weighted by atomic mass is 15.0. The molecule has 2 heteroatoms. The molecule has 1 aliphatic carbocycles. The molecule has 0 unspecified atom stereocenters. The maximum absolute atomic E-state index is 3.72. The van der Waals surface area contributed by atoms with Crippen molar-refractivity contribution in [1.29, 1.82) is 0 Å². The summed E-state index contributed by atoms with van der Waals surface area (Å²) < 4.78 is 0. The SMILES string of the molecule is CC(C)(C)NC[C@H]1CC[C@@H](NC(C)(C)C)C1. The van der Waals surface area contributed by atoms with Crippen LogP contribution in [0.1, 0.15) is 60.8 Å². The minimum atomic E-state index is 0.259. The molecule has 0 amide bonds. The van der Waals surface area contributed by atoms with Crippen molar-refractivity contribution in [2.75, 3.05) is 6.54 Å². The van der Waals surface area contributed by atoms with Gasteiger partial charge in [-0.3, -0.25) is 0 Å². The summed E-state index contributed by atoms with van der Waals surface area (Å²) in [6.45, 7) is 14.7. The van der Waals surface area contributed by atoms with Gasteiger partial charge in [0, 0.05) is 17.1 Å². The Kier molecular flexibility index (Phi) is 4.42. The zero-order valence-electron chi connectivity index (χ0n) is 12.0. The Morgan fingerprint density at radius 1 is 0.938 bits per heavy atom. The molecule has 2 atom stereocenters. The Labute approximate surface area is 102 Å². The van der Waals surface area contributed by atoms with E-state index in [1.807, 2.05) is 0 Å². The number of hydrogen-bond acceptors (Lipinski definition) is 2. The van der Waals surface area contributed by atoms with Crippen molar-refractivity contribution in [3.8, 4) is 0 Å². The molecule has 16 heavy (non-hydrogen) atoms. The second-order valence-corrected chi connectivity index (χ2v) is 7.40. The van der Waals surface area contributed by atoms with E-state index < -0.39 is 0 Å².